The minimum absolute atomic E-state index is 0.135. The van der Waals surface area contributed by atoms with Gasteiger partial charge in [0.1, 0.15) is 0 Å². The quantitative estimate of drug-likeness (QED) is 0.834. The maximum absolute atomic E-state index is 12.4. The van der Waals surface area contributed by atoms with Gasteiger partial charge in [-0.1, -0.05) is 18.2 Å². The number of amides is 1. The Kier molecular flexibility index (Phi) is 4.59. The maximum Gasteiger partial charge on any atom is 0.253 e. The molecule has 1 heterocycles. The zero-order chi connectivity index (χ0) is 13.8. The fourth-order valence-electron chi connectivity index (χ4n) is 2.72. The van der Waals surface area contributed by atoms with Crippen molar-refractivity contribution in [3.8, 4) is 0 Å². The van der Waals surface area contributed by atoms with Gasteiger partial charge in [-0.3, -0.25) is 9.69 Å². The van der Waals surface area contributed by atoms with E-state index in [2.05, 4.69) is 18.7 Å². The van der Waals surface area contributed by atoms with Crippen LogP contribution in [0.25, 0.3) is 0 Å². The summed E-state index contributed by atoms with van der Waals surface area (Å²) in [6.07, 6.45) is 2.29. The summed E-state index contributed by atoms with van der Waals surface area (Å²) in [5.41, 5.74) is 0.784. The molecule has 1 fully saturated rings. The van der Waals surface area contributed by atoms with E-state index in [-0.39, 0.29) is 5.91 Å². The fourth-order valence-corrected chi connectivity index (χ4v) is 2.72. The second-order valence-corrected chi connectivity index (χ2v) is 5.67. The molecule has 3 nitrogen and oxygen atoms in total. The van der Waals surface area contributed by atoms with Gasteiger partial charge in [-0.25, -0.2) is 0 Å². The first-order chi connectivity index (χ1) is 9.09. The SMILES string of the molecule is CC(C)N1CCC[C@@H](N(C)C(=O)c2ccccc2)C1. The number of carbonyl (C=O) groups is 1. The molecule has 0 saturated carbocycles. The summed E-state index contributed by atoms with van der Waals surface area (Å²) in [4.78, 5) is 16.8. The van der Waals surface area contributed by atoms with Crippen LogP contribution in [0.15, 0.2) is 30.3 Å². The molecule has 2 rings (SSSR count). The third kappa shape index (κ3) is 3.35. The number of carbonyl (C=O) groups excluding carboxylic acids is 1. The summed E-state index contributed by atoms with van der Waals surface area (Å²) in [5, 5.41) is 0. The molecule has 0 aromatic heterocycles. The van der Waals surface area contributed by atoms with E-state index in [1.165, 1.54) is 6.42 Å². The number of nitrogens with zero attached hydrogens (tertiary/aromatic N) is 2. The number of piperidine rings is 1. The summed E-state index contributed by atoms with van der Waals surface area (Å²) in [6.45, 7) is 6.59. The van der Waals surface area contributed by atoms with E-state index in [0.717, 1.165) is 25.1 Å². The van der Waals surface area contributed by atoms with Crippen LogP contribution in [0.4, 0.5) is 0 Å². The van der Waals surface area contributed by atoms with Crippen molar-refractivity contribution in [3.63, 3.8) is 0 Å². The van der Waals surface area contributed by atoms with Crippen molar-refractivity contribution < 1.29 is 4.79 Å². The van der Waals surface area contributed by atoms with E-state index >= 15 is 0 Å². The van der Waals surface area contributed by atoms with E-state index in [1.807, 2.05) is 42.3 Å². The first-order valence-electron chi connectivity index (χ1n) is 7.16. The second kappa shape index (κ2) is 6.20. The highest BCUT2D eigenvalue weighted by molar-refractivity contribution is 5.94. The van der Waals surface area contributed by atoms with E-state index in [0.29, 0.717) is 12.1 Å². The molecule has 0 unspecified atom stereocenters. The number of hydrogen-bond donors (Lipinski definition) is 0. The molecule has 0 N–H and O–H groups in total. The Balaban J connectivity index is 2.03. The molecule has 0 radical (unpaired) electrons. The lowest BCUT2D eigenvalue weighted by Crippen LogP contribution is -2.50. The molecule has 104 valence electrons. The summed E-state index contributed by atoms with van der Waals surface area (Å²) < 4.78 is 0. The second-order valence-electron chi connectivity index (χ2n) is 5.67. The van der Waals surface area contributed by atoms with E-state index in [1.54, 1.807) is 0 Å². The van der Waals surface area contributed by atoms with Crippen molar-refractivity contribution in [2.24, 2.45) is 0 Å². The molecular weight excluding hydrogens is 236 g/mol. The van der Waals surface area contributed by atoms with Gasteiger partial charge in [0, 0.05) is 31.2 Å². The molecule has 1 aliphatic heterocycles. The van der Waals surface area contributed by atoms with Crippen LogP contribution in [0.2, 0.25) is 0 Å². The van der Waals surface area contributed by atoms with Crippen LogP contribution in [0.1, 0.15) is 37.0 Å². The van der Waals surface area contributed by atoms with Crippen molar-refractivity contribution in [2.75, 3.05) is 20.1 Å². The van der Waals surface area contributed by atoms with Crippen LogP contribution in [0.5, 0.6) is 0 Å². The molecular formula is C16H24N2O. The van der Waals surface area contributed by atoms with Crippen LogP contribution in [0.3, 0.4) is 0 Å². The minimum Gasteiger partial charge on any atom is -0.337 e. The van der Waals surface area contributed by atoms with Gasteiger partial charge in [-0.05, 0) is 45.4 Å². The zero-order valence-electron chi connectivity index (χ0n) is 12.2. The normalized spacial score (nSPS) is 20.5. The molecule has 3 heteroatoms. The lowest BCUT2D eigenvalue weighted by atomic mass is 10.0. The number of benzene rings is 1. The van der Waals surface area contributed by atoms with Crippen molar-refractivity contribution in [1.82, 2.24) is 9.80 Å². The number of hydrogen-bond acceptors (Lipinski definition) is 2. The van der Waals surface area contributed by atoms with Crippen LogP contribution < -0.4 is 0 Å². The molecule has 1 saturated heterocycles. The molecule has 0 bridgehead atoms. The molecule has 0 spiro atoms. The Morgan fingerprint density at radius 1 is 1.32 bits per heavy atom. The van der Waals surface area contributed by atoms with E-state index < -0.39 is 0 Å². The summed E-state index contributed by atoms with van der Waals surface area (Å²) >= 11 is 0. The highest BCUT2D eigenvalue weighted by atomic mass is 16.2. The van der Waals surface area contributed by atoms with Crippen LogP contribution in [0, 0.1) is 0 Å². The topological polar surface area (TPSA) is 23.6 Å². The third-order valence-electron chi connectivity index (χ3n) is 4.05. The molecule has 1 aromatic rings. The number of likely N-dealkylation sites (N-methyl/N-ethyl adjacent to an activating group) is 1. The average Bonchev–Trinajstić information content (AvgIpc) is 2.46. The standard InChI is InChI=1S/C16H24N2O/c1-13(2)18-11-7-10-15(12-18)17(3)16(19)14-8-5-4-6-9-14/h4-6,8-9,13,15H,7,10-12H2,1-3H3/t15-/m1/s1. The number of likely N-dealkylation sites (tertiary alicyclic amines) is 1. The smallest absolute Gasteiger partial charge is 0.253 e. The van der Waals surface area contributed by atoms with Crippen LogP contribution >= 0.6 is 0 Å². The zero-order valence-corrected chi connectivity index (χ0v) is 12.2. The molecule has 1 aromatic carbocycles. The highest BCUT2D eigenvalue weighted by Crippen LogP contribution is 2.18. The average molecular weight is 260 g/mol. The van der Waals surface area contributed by atoms with Gasteiger partial charge in [0.15, 0.2) is 0 Å². The van der Waals surface area contributed by atoms with Gasteiger partial charge < -0.3 is 4.90 Å². The lowest BCUT2D eigenvalue weighted by molar-refractivity contribution is 0.0575. The largest absolute Gasteiger partial charge is 0.337 e. The van der Waals surface area contributed by atoms with Gasteiger partial charge in [0.05, 0.1) is 0 Å². The first kappa shape index (κ1) is 14.1. The Bertz CT molecular complexity index is 416. The molecule has 1 atom stereocenters. The Labute approximate surface area is 116 Å². The van der Waals surface area contributed by atoms with Gasteiger partial charge in [-0.15, -0.1) is 0 Å². The minimum atomic E-state index is 0.135. The Hall–Kier alpha value is -1.35. The van der Waals surface area contributed by atoms with Gasteiger partial charge >= 0.3 is 0 Å². The van der Waals surface area contributed by atoms with Crippen molar-refractivity contribution in [3.05, 3.63) is 35.9 Å². The number of rotatable bonds is 3. The first-order valence-corrected chi connectivity index (χ1v) is 7.16. The maximum atomic E-state index is 12.4. The predicted octanol–water partition coefficient (Wildman–Crippen LogP) is 2.63. The summed E-state index contributed by atoms with van der Waals surface area (Å²) in [7, 11) is 1.93. The van der Waals surface area contributed by atoms with Crippen molar-refractivity contribution in [1.29, 1.82) is 0 Å². The highest BCUT2D eigenvalue weighted by Gasteiger charge is 2.27. The van der Waals surface area contributed by atoms with Crippen molar-refractivity contribution >= 4 is 5.91 Å². The fraction of sp³-hybridized carbons (Fsp3) is 0.562. The van der Waals surface area contributed by atoms with E-state index in [4.69, 9.17) is 0 Å². The van der Waals surface area contributed by atoms with Gasteiger partial charge in [-0.2, -0.15) is 0 Å². The third-order valence-corrected chi connectivity index (χ3v) is 4.05. The molecule has 19 heavy (non-hydrogen) atoms. The molecule has 0 aliphatic carbocycles. The Morgan fingerprint density at radius 2 is 2.00 bits per heavy atom. The van der Waals surface area contributed by atoms with Crippen LogP contribution in [-0.4, -0.2) is 47.9 Å². The molecule has 1 amide bonds. The van der Waals surface area contributed by atoms with Crippen molar-refractivity contribution in [2.45, 2.75) is 38.8 Å². The summed E-state index contributed by atoms with van der Waals surface area (Å²) in [5.74, 6) is 0.135. The molecule has 1 aliphatic rings. The lowest BCUT2D eigenvalue weighted by Gasteiger charge is -2.39. The van der Waals surface area contributed by atoms with E-state index in [9.17, 15) is 4.79 Å². The van der Waals surface area contributed by atoms with Gasteiger partial charge in [0.25, 0.3) is 5.91 Å². The van der Waals surface area contributed by atoms with Gasteiger partial charge in [0.2, 0.25) is 0 Å². The monoisotopic (exact) mass is 260 g/mol. The predicted molar refractivity (Wildman–Crippen MR) is 78.3 cm³/mol. The summed E-state index contributed by atoms with van der Waals surface area (Å²) in [6, 6.07) is 10.5. The van der Waals surface area contributed by atoms with Crippen LogP contribution in [-0.2, 0) is 0 Å². The Morgan fingerprint density at radius 3 is 2.63 bits per heavy atom.